The highest BCUT2D eigenvalue weighted by Crippen LogP contribution is 2.16. The van der Waals surface area contributed by atoms with Crippen molar-refractivity contribution in [1.82, 2.24) is 5.32 Å². The quantitative estimate of drug-likeness (QED) is 0.793. The zero-order valence-corrected chi connectivity index (χ0v) is 11.4. The molecule has 0 aliphatic rings. The van der Waals surface area contributed by atoms with Crippen LogP contribution in [0.25, 0.3) is 0 Å². The summed E-state index contributed by atoms with van der Waals surface area (Å²) in [5, 5.41) is 6.04. The second kappa shape index (κ2) is 5.77. The van der Waals surface area contributed by atoms with Crippen LogP contribution in [0.1, 0.15) is 25.0 Å². The van der Waals surface area contributed by atoms with E-state index in [9.17, 15) is 4.79 Å². The molecule has 0 heterocycles. The second-order valence-electron chi connectivity index (χ2n) is 4.42. The third-order valence-corrected chi connectivity index (χ3v) is 2.61. The summed E-state index contributed by atoms with van der Waals surface area (Å²) in [6.07, 6.45) is 0. The van der Waals surface area contributed by atoms with E-state index in [1.165, 1.54) is 0 Å². The van der Waals surface area contributed by atoms with Gasteiger partial charge in [0.2, 0.25) is 5.91 Å². The fraction of sp³-hybridized carbons (Fsp3) is 0.385. The number of anilines is 1. The number of thiocarbonyl (C=S) groups is 1. The summed E-state index contributed by atoms with van der Waals surface area (Å²) >= 11 is 5.09. The molecule has 0 atom stereocenters. The molecule has 1 aromatic rings. The van der Waals surface area contributed by atoms with Gasteiger partial charge in [-0.25, -0.2) is 0 Å². The van der Waals surface area contributed by atoms with Crippen LogP contribution in [0, 0.1) is 19.8 Å². The molecule has 0 fully saturated rings. The van der Waals surface area contributed by atoms with Crippen molar-refractivity contribution in [3.63, 3.8) is 0 Å². The van der Waals surface area contributed by atoms with Crippen LogP contribution in [0.4, 0.5) is 5.69 Å². The second-order valence-corrected chi connectivity index (χ2v) is 4.82. The van der Waals surface area contributed by atoms with Crippen LogP contribution in [-0.4, -0.2) is 11.0 Å². The first-order chi connectivity index (χ1) is 7.90. The van der Waals surface area contributed by atoms with Crippen molar-refractivity contribution < 1.29 is 4.79 Å². The number of hydrogen-bond donors (Lipinski definition) is 2. The van der Waals surface area contributed by atoms with Gasteiger partial charge in [0.25, 0.3) is 0 Å². The minimum atomic E-state index is -0.0761. The van der Waals surface area contributed by atoms with Gasteiger partial charge in [0.15, 0.2) is 5.11 Å². The lowest BCUT2D eigenvalue weighted by atomic mass is 10.1. The number of aryl methyl sites for hydroxylation is 2. The van der Waals surface area contributed by atoms with E-state index in [1.807, 2.05) is 45.9 Å². The smallest absolute Gasteiger partial charge is 0.228 e. The van der Waals surface area contributed by atoms with Gasteiger partial charge in [0.05, 0.1) is 0 Å². The predicted octanol–water partition coefficient (Wildman–Crippen LogP) is 2.77. The van der Waals surface area contributed by atoms with E-state index in [0.717, 1.165) is 16.8 Å². The molecule has 2 N–H and O–H groups in total. The van der Waals surface area contributed by atoms with E-state index in [2.05, 4.69) is 10.6 Å². The minimum absolute atomic E-state index is 0.0756. The van der Waals surface area contributed by atoms with Crippen molar-refractivity contribution in [2.45, 2.75) is 27.7 Å². The predicted molar refractivity (Wildman–Crippen MR) is 75.1 cm³/mol. The van der Waals surface area contributed by atoms with Crippen molar-refractivity contribution in [2.24, 2.45) is 5.92 Å². The lowest BCUT2D eigenvalue weighted by molar-refractivity contribution is -0.122. The number of carbonyl (C=O) groups excluding carboxylic acids is 1. The zero-order chi connectivity index (χ0) is 13.0. The fourth-order valence-corrected chi connectivity index (χ4v) is 1.49. The number of carbonyl (C=O) groups is 1. The molecular formula is C13H18N2OS. The molecule has 92 valence electrons. The SMILES string of the molecule is Cc1ccc(C)c(NC(=S)NC(=O)C(C)C)c1. The van der Waals surface area contributed by atoms with Crippen LogP contribution < -0.4 is 10.6 Å². The van der Waals surface area contributed by atoms with Gasteiger partial charge in [-0.15, -0.1) is 0 Å². The maximum Gasteiger partial charge on any atom is 0.228 e. The van der Waals surface area contributed by atoms with Crippen LogP contribution in [0.2, 0.25) is 0 Å². The lowest BCUT2D eigenvalue weighted by Gasteiger charge is -2.13. The molecule has 0 saturated carbocycles. The average Bonchev–Trinajstić information content (AvgIpc) is 2.23. The molecule has 1 aromatic carbocycles. The lowest BCUT2D eigenvalue weighted by Crippen LogP contribution is -2.36. The van der Waals surface area contributed by atoms with E-state index in [4.69, 9.17) is 12.2 Å². The summed E-state index contributed by atoms with van der Waals surface area (Å²) in [6.45, 7) is 7.67. The maximum absolute atomic E-state index is 11.5. The van der Waals surface area contributed by atoms with Gasteiger partial charge >= 0.3 is 0 Å². The van der Waals surface area contributed by atoms with Gasteiger partial charge < -0.3 is 10.6 Å². The van der Waals surface area contributed by atoms with Gasteiger partial charge in [0.1, 0.15) is 0 Å². The molecule has 17 heavy (non-hydrogen) atoms. The highest BCUT2D eigenvalue weighted by molar-refractivity contribution is 7.80. The van der Waals surface area contributed by atoms with Gasteiger partial charge in [0, 0.05) is 11.6 Å². The Morgan fingerprint density at radius 1 is 1.29 bits per heavy atom. The summed E-state index contributed by atoms with van der Waals surface area (Å²) in [7, 11) is 0. The molecule has 0 aromatic heterocycles. The Hall–Kier alpha value is -1.42. The molecular weight excluding hydrogens is 232 g/mol. The van der Waals surface area contributed by atoms with Gasteiger partial charge in [-0.05, 0) is 43.3 Å². The first kappa shape index (κ1) is 13.6. The molecule has 0 spiro atoms. The molecule has 0 bridgehead atoms. The summed E-state index contributed by atoms with van der Waals surface area (Å²) in [5.74, 6) is -0.152. The Morgan fingerprint density at radius 3 is 2.53 bits per heavy atom. The minimum Gasteiger partial charge on any atom is -0.332 e. The van der Waals surface area contributed by atoms with E-state index in [0.29, 0.717) is 5.11 Å². The van der Waals surface area contributed by atoms with Crippen LogP contribution in [-0.2, 0) is 4.79 Å². The van der Waals surface area contributed by atoms with E-state index in [-0.39, 0.29) is 11.8 Å². The molecule has 1 amide bonds. The maximum atomic E-state index is 11.5. The third-order valence-electron chi connectivity index (χ3n) is 2.40. The highest BCUT2D eigenvalue weighted by atomic mass is 32.1. The molecule has 0 aliphatic heterocycles. The number of rotatable bonds is 2. The average molecular weight is 250 g/mol. The Kier molecular flexibility index (Phi) is 4.63. The molecule has 0 radical (unpaired) electrons. The largest absolute Gasteiger partial charge is 0.332 e. The van der Waals surface area contributed by atoms with Crippen LogP contribution >= 0.6 is 12.2 Å². The van der Waals surface area contributed by atoms with Gasteiger partial charge in [-0.2, -0.15) is 0 Å². The van der Waals surface area contributed by atoms with Gasteiger partial charge in [-0.3, -0.25) is 4.79 Å². The monoisotopic (exact) mass is 250 g/mol. The zero-order valence-electron chi connectivity index (χ0n) is 10.6. The number of amides is 1. The molecule has 0 saturated heterocycles. The summed E-state index contributed by atoms with van der Waals surface area (Å²) < 4.78 is 0. The Balaban J connectivity index is 2.68. The van der Waals surface area contributed by atoms with E-state index in [1.54, 1.807) is 0 Å². The first-order valence-corrected chi connectivity index (χ1v) is 6.00. The number of benzene rings is 1. The molecule has 4 heteroatoms. The van der Waals surface area contributed by atoms with Crippen LogP contribution in [0.3, 0.4) is 0 Å². The molecule has 1 rings (SSSR count). The van der Waals surface area contributed by atoms with Crippen LogP contribution in [0.15, 0.2) is 18.2 Å². The Morgan fingerprint density at radius 2 is 1.94 bits per heavy atom. The Bertz CT molecular complexity index is 441. The van der Waals surface area contributed by atoms with Crippen molar-refractivity contribution in [2.75, 3.05) is 5.32 Å². The number of hydrogen-bond acceptors (Lipinski definition) is 2. The van der Waals surface area contributed by atoms with Crippen molar-refractivity contribution in [3.05, 3.63) is 29.3 Å². The third kappa shape index (κ3) is 4.15. The van der Waals surface area contributed by atoms with E-state index < -0.39 is 0 Å². The fourth-order valence-electron chi connectivity index (χ4n) is 1.28. The summed E-state index contributed by atoms with van der Waals surface area (Å²) in [6, 6.07) is 6.06. The van der Waals surface area contributed by atoms with Gasteiger partial charge in [-0.1, -0.05) is 26.0 Å². The van der Waals surface area contributed by atoms with Crippen molar-refractivity contribution >= 4 is 28.9 Å². The molecule has 0 unspecified atom stereocenters. The Labute approximate surface area is 108 Å². The summed E-state index contributed by atoms with van der Waals surface area (Å²) in [4.78, 5) is 11.5. The number of nitrogens with one attached hydrogen (secondary N) is 2. The summed E-state index contributed by atoms with van der Waals surface area (Å²) in [5.41, 5.74) is 3.17. The van der Waals surface area contributed by atoms with Crippen LogP contribution in [0.5, 0.6) is 0 Å². The van der Waals surface area contributed by atoms with E-state index >= 15 is 0 Å². The highest BCUT2D eigenvalue weighted by Gasteiger charge is 2.09. The molecule has 0 aliphatic carbocycles. The first-order valence-electron chi connectivity index (χ1n) is 5.59. The molecule has 3 nitrogen and oxygen atoms in total. The normalized spacial score (nSPS) is 10.2. The topological polar surface area (TPSA) is 41.1 Å². The standard InChI is InChI=1S/C13H18N2OS/c1-8(2)12(16)15-13(17)14-11-7-9(3)5-6-10(11)4/h5-8H,1-4H3,(H2,14,15,16,17). The van der Waals surface area contributed by atoms with Crippen molar-refractivity contribution in [1.29, 1.82) is 0 Å². The van der Waals surface area contributed by atoms with Crippen molar-refractivity contribution in [3.8, 4) is 0 Å².